The fourth-order valence-corrected chi connectivity index (χ4v) is 11.0. The smallest absolute Gasteiger partial charge is 0.255 e. The third kappa shape index (κ3) is 7.60. The van der Waals surface area contributed by atoms with Crippen molar-refractivity contribution in [2.24, 2.45) is 0 Å². The molecule has 4 fully saturated rings. The zero-order chi connectivity index (χ0) is 41.1. The number of amides is 3. The van der Waals surface area contributed by atoms with Gasteiger partial charge in [-0.3, -0.25) is 34.0 Å². The fraction of sp³-hybridized carbons (Fsp3) is 0.476. The second-order valence-corrected chi connectivity index (χ2v) is 18.7. The number of carbonyl (C=O) groups excluding carboxylic acids is 3. The number of pyridine rings is 1. The number of nitrogens with one attached hydrogen (secondary N) is 2. The summed E-state index contributed by atoms with van der Waals surface area (Å²) in [7, 11) is -3.73. The molecule has 5 aliphatic rings. The van der Waals surface area contributed by atoms with Crippen LogP contribution in [-0.2, 0) is 32.7 Å². The monoisotopic (exact) mass is 823 g/mol. The van der Waals surface area contributed by atoms with E-state index in [1.807, 2.05) is 24.3 Å². The highest BCUT2D eigenvalue weighted by Crippen LogP contribution is 2.39. The number of piperidine rings is 2. The predicted molar refractivity (Wildman–Crippen MR) is 219 cm³/mol. The third-order valence-corrected chi connectivity index (χ3v) is 14.7. The molecule has 16 nitrogen and oxygen atoms in total. The van der Waals surface area contributed by atoms with Gasteiger partial charge in [0.05, 0.1) is 16.5 Å². The van der Waals surface area contributed by atoms with Gasteiger partial charge in [-0.15, -0.1) is 0 Å². The first-order chi connectivity index (χ1) is 28.3. The van der Waals surface area contributed by atoms with Crippen molar-refractivity contribution >= 4 is 50.4 Å². The first-order valence-electron chi connectivity index (χ1n) is 20.6. The second kappa shape index (κ2) is 15.4. The van der Waals surface area contributed by atoms with E-state index in [1.165, 1.54) is 6.07 Å². The van der Waals surface area contributed by atoms with Crippen LogP contribution < -0.4 is 21.1 Å². The summed E-state index contributed by atoms with van der Waals surface area (Å²) in [5.74, 6) is -0.545. The molecule has 3 atom stereocenters. The molecule has 17 heteroatoms. The Morgan fingerprint density at radius 1 is 0.932 bits per heavy atom. The van der Waals surface area contributed by atoms with E-state index in [-0.39, 0.29) is 40.8 Å². The van der Waals surface area contributed by atoms with E-state index in [1.54, 1.807) is 51.2 Å². The summed E-state index contributed by atoms with van der Waals surface area (Å²) in [6.45, 7) is 6.45. The molecule has 9 rings (SSSR count). The molecule has 3 amide bonds. The Morgan fingerprint density at radius 3 is 2.47 bits per heavy atom. The number of carbonyl (C=O) groups is 3. The highest BCUT2D eigenvalue weighted by Gasteiger charge is 2.41. The number of nitrogens with zero attached hydrogens (tertiary/aromatic N) is 7. The van der Waals surface area contributed by atoms with Gasteiger partial charge in [0, 0.05) is 93.7 Å². The number of piperazine rings is 1. The molecule has 3 unspecified atom stereocenters. The lowest BCUT2D eigenvalue weighted by molar-refractivity contribution is -0.136. The predicted octanol–water partition coefficient (Wildman–Crippen LogP) is 2.62. The van der Waals surface area contributed by atoms with Crippen molar-refractivity contribution in [2.75, 3.05) is 49.5 Å². The topological polar surface area (TPSA) is 190 Å². The molecular formula is C42H49N9O7S. The van der Waals surface area contributed by atoms with E-state index in [4.69, 9.17) is 4.98 Å². The molecule has 2 aromatic heterocycles. The van der Waals surface area contributed by atoms with Gasteiger partial charge < -0.3 is 20.2 Å². The van der Waals surface area contributed by atoms with Crippen LogP contribution in [0, 0.1) is 0 Å². The number of sulfonamides is 1. The Morgan fingerprint density at radius 2 is 1.73 bits per heavy atom. The molecule has 1 saturated carbocycles. The van der Waals surface area contributed by atoms with E-state index in [2.05, 4.69) is 25.4 Å². The number of rotatable bonds is 9. The molecule has 1 aliphatic carbocycles. The summed E-state index contributed by atoms with van der Waals surface area (Å²) in [5.41, 5.74) is 2.66. The lowest BCUT2D eigenvalue weighted by Gasteiger charge is -2.36. The molecule has 6 heterocycles. The first kappa shape index (κ1) is 39.2. The SMILES string of the molecule is CC1(O)CCCC1n1c(=O)ccc2cnc(NC3CCN(S(=O)(=O)c4cccc(CN5CCN(c6ccc7c(c6)CN(C6CCC(=O)NC6=O)C7=O)CC5)c4)CC3)nc21. The molecular weight excluding hydrogens is 775 g/mol. The summed E-state index contributed by atoms with van der Waals surface area (Å²) in [5, 5.41) is 17.4. The van der Waals surface area contributed by atoms with Gasteiger partial charge in [-0.05, 0) is 93.0 Å². The Balaban J connectivity index is 0.789. The molecule has 0 spiro atoms. The number of hydrogen-bond acceptors (Lipinski definition) is 12. The largest absolute Gasteiger partial charge is 0.388 e. The quantitative estimate of drug-likeness (QED) is 0.210. The summed E-state index contributed by atoms with van der Waals surface area (Å²) in [4.78, 5) is 65.9. The number of anilines is 2. The van der Waals surface area contributed by atoms with Gasteiger partial charge in [0.25, 0.3) is 11.5 Å². The average molecular weight is 824 g/mol. The van der Waals surface area contributed by atoms with Gasteiger partial charge in [0.1, 0.15) is 11.7 Å². The minimum absolute atomic E-state index is 0.0609. The third-order valence-electron chi connectivity index (χ3n) is 12.8. The lowest BCUT2D eigenvalue weighted by atomic mass is 10.00. The molecule has 3 N–H and O–H groups in total. The fourth-order valence-electron chi connectivity index (χ4n) is 9.50. The zero-order valence-electron chi connectivity index (χ0n) is 33.0. The average Bonchev–Trinajstić information content (AvgIpc) is 3.75. The Labute approximate surface area is 342 Å². The number of imide groups is 1. The van der Waals surface area contributed by atoms with Crippen molar-refractivity contribution in [3.05, 3.63) is 87.8 Å². The molecule has 4 aromatic rings. The van der Waals surface area contributed by atoms with Gasteiger partial charge in [0.15, 0.2) is 0 Å². The van der Waals surface area contributed by atoms with Crippen LogP contribution in [0.5, 0.6) is 0 Å². The number of fused-ring (bicyclic) bond motifs is 2. The summed E-state index contributed by atoms with van der Waals surface area (Å²) in [6.07, 6.45) is 5.46. The molecule has 2 aromatic carbocycles. The van der Waals surface area contributed by atoms with Crippen LogP contribution in [0.1, 0.15) is 79.4 Å². The van der Waals surface area contributed by atoms with E-state index in [0.29, 0.717) is 80.8 Å². The van der Waals surface area contributed by atoms with Crippen LogP contribution in [0.15, 0.2) is 70.5 Å². The summed E-state index contributed by atoms with van der Waals surface area (Å²) in [6, 6.07) is 15.1. The van der Waals surface area contributed by atoms with Crippen LogP contribution in [0.4, 0.5) is 11.6 Å². The molecule has 59 heavy (non-hydrogen) atoms. The second-order valence-electron chi connectivity index (χ2n) is 16.8. The Kier molecular flexibility index (Phi) is 10.3. The van der Waals surface area contributed by atoms with Crippen molar-refractivity contribution in [3.8, 4) is 0 Å². The molecule has 0 bridgehead atoms. The number of benzene rings is 2. The molecule has 0 radical (unpaired) electrons. The van der Waals surface area contributed by atoms with Gasteiger partial charge in [-0.2, -0.15) is 9.29 Å². The summed E-state index contributed by atoms with van der Waals surface area (Å²) >= 11 is 0. The number of aliphatic hydroxyl groups is 1. The van der Waals surface area contributed by atoms with E-state index in [9.17, 15) is 32.7 Å². The Bertz CT molecular complexity index is 2490. The van der Waals surface area contributed by atoms with Gasteiger partial charge in [-0.25, -0.2) is 13.4 Å². The van der Waals surface area contributed by atoms with E-state index >= 15 is 0 Å². The Hall–Kier alpha value is -5.23. The van der Waals surface area contributed by atoms with Crippen LogP contribution in [0.3, 0.4) is 0 Å². The highest BCUT2D eigenvalue weighted by molar-refractivity contribution is 7.89. The van der Waals surface area contributed by atoms with E-state index < -0.39 is 27.6 Å². The maximum absolute atomic E-state index is 13.9. The van der Waals surface area contributed by atoms with Gasteiger partial charge in [-0.1, -0.05) is 12.1 Å². The zero-order valence-corrected chi connectivity index (χ0v) is 33.9. The lowest BCUT2D eigenvalue weighted by Crippen LogP contribution is -2.52. The van der Waals surface area contributed by atoms with Crippen LogP contribution >= 0.6 is 0 Å². The minimum Gasteiger partial charge on any atom is -0.388 e. The molecule has 310 valence electrons. The standard InChI is InChI=1S/C42H49N9O7S/c1-42(56)15-3-6-35(42)51-37(53)12-7-28-24-43-41(46-38(28)51)44-30-13-16-49(17-14-30)59(57,58)32-5-2-4-27(22-32)25-47-18-20-48(21-19-47)31-8-9-33-29(23-31)26-50(40(33)55)34-10-11-36(52)45-39(34)54/h2,4-5,7-9,12,22-24,30,34-35,56H,3,6,10-11,13-21,25-26H2,1H3,(H,43,44,46)(H,45,52,54). The number of hydrogen-bond donors (Lipinski definition) is 3. The summed E-state index contributed by atoms with van der Waals surface area (Å²) < 4.78 is 30.9. The van der Waals surface area contributed by atoms with Gasteiger partial charge in [0.2, 0.25) is 27.8 Å². The van der Waals surface area contributed by atoms with Crippen LogP contribution in [0.25, 0.3) is 11.0 Å². The van der Waals surface area contributed by atoms with Crippen molar-refractivity contribution in [1.82, 2.24) is 34.0 Å². The minimum atomic E-state index is -3.73. The number of aromatic nitrogens is 3. The molecule has 3 saturated heterocycles. The van der Waals surface area contributed by atoms with Crippen LogP contribution in [0.2, 0.25) is 0 Å². The van der Waals surface area contributed by atoms with Crippen LogP contribution in [-0.4, -0.2) is 117 Å². The van der Waals surface area contributed by atoms with Crippen molar-refractivity contribution in [2.45, 2.75) is 93.6 Å². The van der Waals surface area contributed by atoms with E-state index in [0.717, 1.165) is 49.4 Å². The van der Waals surface area contributed by atoms with Crippen molar-refractivity contribution in [1.29, 1.82) is 0 Å². The maximum Gasteiger partial charge on any atom is 0.255 e. The van der Waals surface area contributed by atoms with Crippen molar-refractivity contribution < 1.29 is 27.9 Å². The van der Waals surface area contributed by atoms with Crippen molar-refractivity contribution in [3.63, 3.8) is 0 Å². The highest BCUT2D eigenvalue weighted by atomic mass is 32.2. The molecule has 4 aliphatic heterocycles. The maximum atomic E-state index is 13.9. The first-order valence-corrected chi connectivity index (χ1v) is 22.0. The normalized spacial score (nSPS) is 24.8. The van der Waals surface area contributed by atoms with Gasteiger partial charge >= 0.3 is 0 Å².